The molecule has 0 unspecified atom stereocenters. The van der Waals surface area contributed by atoms with Crippen molar-refractivity contribution in [3.63, 3.8) is 0 Å². The van der Waals surface area contributed by atoms with Gasteiger partial charge >= 0.3 is 30.0 Å². The van der Waals surface area contributed by atoms with Crippen molar-refractivity contribution in [2.45, 2.75) is 6.92 Å². The molecule has 0 aliphatic rings. The Labute approximate surface area is 76.1 Å². The fourth-order valence-electron chi connectivity index (χ4n) is 0.418. The van der Waals surface area contributed by atoms with Crippen molar-refractivity contribution < 1.29 is 20.7 Å². The molecule has 10 heavy (non-hydrogen) atoms. The van der Waals surface area contributed by atoms with Gasteiger partial charge in [-0.25, -0.2) is 16.5 Å². The van der Waals surface area contributed by atoms with Crippen LogP contribution in [0.25, 0.3) is 0 Å². The van der Waals surface area contributed by atoms with Gasteiger partial charge in [-0.2, -0.15) is 0 Å². The van der Waals surface area contributed by atoms with Crippen LogP contribution in [0.1, 0.15) is 5.56 Å². The predicted molar refractivity (Wildman–Crippen MR) is 36.7 cm³/mol. The molecule has 1 aromatic rings. The summed E-state index contributed by atoms with van der Waals surface area (Å²) >= 11 is 4.25. The van der Waals surface area contributed by atoms with Gasteiger partial charge in [0.25, 0.3) is 0 Å². The van der Waals surface area contributed by atoms with Gasteiger partial charge in [0.05, 0.1) is 0 Å². The Kier molecular flexibility index (Phi) is 6.04. The topological polar surface area (TPSA) is 12.9 Å². The summed E-state index contributed by atoms with van der Waals surface area (Å²) in [7, 11) is 0. The van der Waals surface area contributed by atoms with Crippen LogP contribution in [0.4, 0.5) is 4.39 Å². The molecular weight excluding hydrogens is 250 g/mol. The summed E-state index contributed by atoms with van der Waals surface area (Å²) in [6.45, 7) is 1.65. The number of aryl methyl sites for hydroxylation is 1. The standard InChI is InChI=1S/C6H5FN.BrH.Zn/c1-5-3-2-4-8-6(5)7;;/h3-4H,1H3;1H;/q-1;;+2/p-1. The summed E-state index contributed by atoms with van der Waals surface area (Å²) < 4.78 is 12.2. The van der Waals surface area contributed by atoms with Crippen LogP contribution in [-0.2, 0) is 16.3 Å². The van der Waals surface area contributed by atoms with Crippen molar-refractivity contribution in [3.8, 4) is 0 Å². The van der Waals surface area contributed by atoms with Crippen LogP contribution in [0.3, 0.4) is 0 Å². The average Bonchev–Trinajstić information content (AvgIpc) is 2.00. The second-order valence-corrected chi connectivity index (χ2v) is 1.54. The SMILES string of the molecule is Cc1c[c-]cnc1F.[Zn+][Br]. The average molecular weight is 255 g/mol. The fourth-order valence-corrected chi connectivity index (χ4v) is 0.418. The number of halogens is 2. The van der Waals surface area contributed by atoms with E-state index in [4.69, 9.17) is 0 Å². The van der Waals surface area contributed by atoms with Gasteiger partial charge < -0.3 is 0 Å². The molecule has 0 saturated carbocycles. The zero-order valence-electron chi connectivity index (χ0n) is 5.56. The monoisotopic (exact) mass is 253 g/mol. The molecule has 4 heteroatoms. The molecule has 0 radical (unpaired) electrons. The van der Waals surface area contributed by atoms with Gasteiger partial charge in [-0.1, -0.05) is 6.20 Å². The van der Waals surface area contributed by atoms with E-state index >= 15 is 0 Å². The summed E-state index contributed by atoms with van der Waals surface area (Å²) in [4.78, 5) is 3.36. The molecule has 1 aromatic heterocycles. The molecule has 0 aliphatic heterocycles. The Morgan fingerprint density at radius 1 is 1.70 bits per heavy atom. The van der Waals surface area contributed by atoms with Gasteiger partial charge in [0.1, 0.15) is 5.95 Å². The van der Waals surface area contributed by atoms with Crippen molar-refractivity contribution in [2.75, 3.05) is 0 Å². The molecule has 50 valence electrons. The Morgan fingerprint density at radius 3 is 2.60 bits per heavy atom. The molecule has 0 fully saturated rings. The Morgan fingerprint density at radius 2 is 2.30 bits per heavy atom. The van der Waals surface area contributed by atoms with Crippen LogP contribution in [0.5, 0.6) is 0 Å². The maximum absolute atomic E-state index is 12.2. The van der Waals surface area contributed by atoms with Gasteiger partial charge in [-0.3, -0.25) is 4.98 Å². The second-order valence-electron chi connectivity index (χ2n) is 1.54. The Balaban J connectivity index is 0.000000371. The van der Waals surface area contributed by atoms with E-state index in [1.54, 1.807) is 13.0 Å². The van der Waals surface area contributed by atoms with E-state index in [0.29, 0.717) is 5.56 Å². The Hall–Kier alpha value is 0.183. The summed E-state index contributed by atoms with van der Waals surface area (Å²) in [5.41, 5.74) is 0.535. The van der Waals surface area contributed by atoms with Gasteiger partial charge in [-0.05, 0) is 0 Å². The molecule has 0 aliphatic carbocycles. The number of pyridine rings is 1. The van der Waals surface area contributed by atoms with Gasteiger partial charge in [0, 0.05) is 0 Å². The first-order chi connectivity index (χ1) is 4.80. The first kappa shape index (κ1) is 10.2. The van der Waals surface area contributed by atoms with E-state index in [9.17, 15) is 4.39 Å². The molecule has 1 heterocycles. The van der Waals surface area contributed by atoms with Crippen molar-refractivity contribution in [3.05, 3.63) is 29.8 Å². The van der Waals surface area contributed by atoms with Gasteiger partial charge in [-0.15, -0.1) is 12.5 Å². The summed E-state index contributed by atoms with van der Waals surface area (Å²) in [5, 5.41) is 0. The molecule has 0 spiro atoms. The quantitative estimate of drug-likeness (QED) is 0.393. The third-order valence-electron chi connectivity index (χ3n) is 0.878. The van der Waals surface area contributed by atoms with Crippen LogP contribution in [-0.4, -0.2) is 4.98 Å². The van der Waals surface area contributed by atoms with Crippen molar-refractivity contribution in [1.29, 1.82) is 0 Å². The zero-order chi connectivity index (χ0) is 7.98. The van der Waals surface area contributed by atoms with Gasteiger partial charge in [0.2, 0.25) is 0 Å². The number of hydrogen-bond acceptors (Lipinski definition) is 1. The molecule has 1 rings (SSSR count). The molecular formula is C6H5BrFNZn. The third-order valence-corrected chi connectivity index (χ3v) is 0.878. The number of aromatic nitrogens is 1. The van der Waals surface area contributed by atoms with Crippen LogP contribution < -0.4 is 0 Å². The second kappa shape index (κ2) is 5.93. The van der Waals surface area contributed by atoms with E-state index < -0.39 is 5.95 Å². The number of nitrogens with zero attached hydrogens (tertiary/aromatic N) is 1. The van der Waals surface area contributed by atoms with Gasteiger partial charge in [0.15, 0.2) is 0 Å². The zero-order valence-corrected chi connectivity index (χ0v) is 10.1. The van der Waals surface area contributed by atoms with Crippen molar-refractivity contribution in [1.82, 2.24) is 4.98 Å². The molecule has 1 nitrogen and oxygen atoms in total. The predicted octanol–water partition coefficient (Wildman–Crippen LogP) is 2.17. The van der Waals surface area contributed by atoms with Crippen molar-refractivity contribution >= 4 is 13.6 Å². The summed E-state index contributed by atoms with van der Waals surface area (Å²) in [6, 6.07) is 4.21. The first-order valence-electron chi connectivity index (χ1n) is 2.55. The number of rotatable bonds is 0. The molecule has 0 bridgehead atoms. The Bertz CT molecular complexity index is 174. The molecule has 0 saturated heterocycles. The van der Waals surface area contributed by atoms with Crippen molar-refractivity contribution in [2.24, 2.45) is 0 Å². The number of hydrogen-bond donors (Lipinski definition) is 0. The summed E-state index contributed by atoms with van der Waals surface area (Å²) in [5.74, 6) is -0.413. The van der Waals surface area contributed by atoms with E-state index in [0.717, 1.165) is 0 Å². The van der Waals surface area contributed by atoms with Crippen LogP contribution in [0.15, 0.2) is 12.3 Å². The normalized spacial score (nSPS) is 8.10. The third kappa shape index (κ3) is 3.38. The molecule has 0 atom stereocenters. The van der Waals surface area contributed by atoms with E-state index in [1.165, 1.54) is 22.5 Å². The summed E-state index contributed by atoms with van der Waals surface area (Å²) in [6.07, 6.45) is 1.31. The molecule has 0 amide bonds. The van der Waals surface area contributed by atoms with E-state index in [-0.39, 0.29) is 0 Å². The van der Waals surface area contributed by atoms with Crippen LogP contribution >= 0.6 is 13.6 Å². The minimum absolute atomic E-state index is 0.413. The maximum atomic E-state index is 12.2. The van der Waals surface area contributed by atoms with E-state index in [2.05, 4.69) is 24.7 Å². The first-order valence-corrected chi connectivity index (χ1v) is 9.50. The minimum atomic E-state index is -0.413. The fraction of sp³-hybridized carbons (Fsp3) is 0.167. The van der Waals surface area contributed by atoms with E-state index in [1.807, 2.05) is 0 Å². The molecule has 0 aromatic carbocycles. The van der Waals surface area contributed by atoms with Crippen LogP contribution in [0.2, 0.25) is 0 Å². The molecule has 0 N–H and O–H groups in total. The van der Waals surface area contributed by atoms with Crippen LogP contribution in [0, 0.1) is 18.9 Å².